The molecule has 0 N–H and O–H groups in total. The summed E-state index contributed by atoms with van der Waals surface area (Å²) in [5.41, 5.74) is 0. The standard InChI is InChI=1S/C7H15O5P/c1-3-6-7(4-5-11-6)12-13(8,9)10-2/h6-7H,3-5H2,1-2H3,(H,8,9)/p-1/t6-,7+/m1/s1. The molecule has 0 amide bonds. The van der Waals surface area contributed by atoms with Crippen LogP contribution in [0, 0.1) is 0 Å². The fraction of sp³-hybridized carbons (Fsp3) is 1.00. The number of rotatable bonds is 4. The van der Waals surface area contributed by atoms with Crippen molar-refractivity contribution in [1.82, 2.24) is 0 Å². The maximum absolute atomic E-state index is 10.9. The first-order valence-electron chi connectivity index (χ1n) is 4.26. The highest BCUT2D eigenvalue weighted by Gasteiger charge is 2.30. The van der Waals surface area contributed by atoms with E-state index in [0.717, 1.165) is 13.5 Å². The summed E-state index contributed by atoms with van der Waals surface area (Å²) in [4.78, 5) is 10.9. The molecule has 0 bridgehead atoms. The minimum absolute atomic E-state index is 0.127. The summed E-state index contributed by atoms with van der Waals surface area (Å²) in [6.07, 6.45) is 0.841. The molecule has 1 saturated heterocycles. The summed E-state index contributed by atoms with van der Waals surface area (Å²) in [6, 6.07) is 0. The minimum atomic E-state index is -4.10. The van der Waals surface area contributed by atoms with Crippen molar-refractivity contribution >= 4 is 7.82 Å². The highest BCUT2D eigenvalue weighted by molar-refractivity contribution is 7.45. The summed E-state index contributed by atoms with van der Waals surface area (Å²) in [7, 11) is -3.02. The van der Waals surface area contributed by atoms with E-state index in [1.807, 2.05) is 6.92 Å². The lowest BCUT2D eigenvalue weighted by molar-refractivity contribution is -0.228. The second-order valence-electron chi connectivity index (χ2n) is 2.88. The molecule has 13 heavy (non-hydrogen) atoms. The van der Waals surface area contributed by atoms with Crippen molar-refractivity contribution in [2.75, 3.05) is 13.7 Å². The van der Waals surface area contributed by atoms with Gasteiger partial charge in [-0.3, -0.25) is 4.57 Å². The molecule has 1 aliphatic heterocycles. The molecular formula is C7H14O5P-. The second-order valence-corrected chi connectivity index (χ2v) is 4.35. The van der Waals surface area contributed by atoms with Gasteiger partial charge in [0.15, 0.2) is 0 Å². The number of ether oxygens (including phenoxy) is 1. The lowest BCUT2D eigenvalue weighted by atomic mass is 10.1. The predicted octanol–water partition coefficient (Wildman–Crippen LogP) is 0.685. The Kier molecular flexibility index (Phi) is 3.88. The van der Waals surface area contributed by atoms with Gasteiger partial charge in [-0.15, -0.1) is 0 Å². The first-order valence-corrected chi connectivity index (χ1v) is 5.72. The lowest BCUT2D eigenvalue weighted by Crippen LogP contribution is -2.25. The molecule has 0 radical (unpaired) electrons. The Morgan fingerprint density at radius 3 is 2.92 bits per heavy atom. The molecule has 6 heteroatoms. The van der Waals surface area contributed by atoms with Crippen molar-refractivity contribution in [2.24, 2.45) is 0 Å². The van der Waals surface area contributed by atoms with Gasteiger partial charge in [0.2, 0.25) is 0 Å². The molecule has 5 nitrogen and oxygen atoms in total. The van der Waals surface area contributed by atoms with Crippen LogP contribution in [-0.2, 0) is 18.3 Å². The molecule has 3 atom stereocenters. The Morgan fingerprint density at radius 1 is 1.69 bits per heavy atom. The van der Waals surface area contributed by atoms with Crippen LogP contribution in [0.3, 0.4) is 0 Å². The quantitative estimate of drug-likeness (QED) is 0.637. The Morgan fingerprint density at radius 2 is 2.38 bits per heavy atom. The molecule has 0 aromatic carbocycles. The van der Waals surface area contributed by atoms with E-state index in [9.17, 15) is 9.46 Å². The zero-order valence-electron chi connectivity index (χ0n) is 7.76. The smallest absolute Gasteiger partial charge is 0.267 e. The van der Waals surface area contributed by atoms with Crippen molar-refractivity contribution < 1.29 is 23.2 Å². The van der Waals surface area contributed by atoms with Crippen molar-refractivity contribution in [3.05, 3.63) is 0 Å². The van der Waals surface area contributed by atoms with Gasteiger partial charge >= 0.3 is 0 Å². The Bertz CT molecular complexity index is 207. The first kappa shape index (κ1) is 11.1. The molecule has 1 heterocycles. The van der Waals surface area contributed by atoms with Crippen LogP contribution in [-0.4, -0.2) is 25.9 Å². The summed E-state index contributed by atoms with van der Waals surface area (Å²) in [6.45, 7) is 2.47. The Balaban J connectivity index is 2.48. The topological polar surface area (TPSA) is 67.8 Å². The first-order chi connectivity index (χ1) is 6.09. The van der Waals surface area contributed by atoms with E-state index in [0.29, 0.717) is 13.0 Å². The fourth-order valence-electron chi connectivity index (χ4n) is 1.34. The number of hydrogen-bond acceptors (Lipinski definition) is 5. The predicted molar refractivity (Wildman–Crippen MR) is 44.1 cm³/mol. The van der Waals surface area contributed by atoms with Gasteiger partial charge in [-0.1, -0.05) is 6.92 Å². The van der Waals surface area contributed by atoms with Crippen molar-refractivity contribution in [2.45, 2.75) is 32.0 Å². The van der Waals surface area contributed by atoms with E-state index in [4.69, 9.17) is 9.26 Å². The maximum Gasteiger partial charge on any atom is 0.267 e. The zero-order valence-corrected chi connectivity index (χ0v) is 8.66. The van der Waals surface area contributed by atoms with E-state index < -0.39 is 7.82 Å². The van der Waals surface area contributed by atoms with Gasteiger partial charge < -0.3 is 18.7 Å². The van der Waals surface area contributed by atoms with E-state index in [1.165, 1.54) is 0 Å². The van der Waals surface area contributed by atoms with Crippen molar-refractivity contribution in [3.63, 3.8) is 0 Å². The summed E-state index contributed by atoms with van der Waals surface area (Å²) in [5.74, 6) is 0. The highest BCUT2D eigenvalue weighted by atomic mass is 31.2. The third-order valence-corrected chi connectivity index (χ3v) is 3.02. The zero-order chi connectivity index (χ0) is 9.90. The molecule has 1 aliphatic rings. The van der Waals surface area contributed by atoms with Gasteiger partial charge in [0, 0.05) is 13.7 Å². The third-order valence-electron chi connectivity index (χ3n) is 2.04. The van der Waals surface area contributed by atoms with E-state index in [2.05, 4.69) is 4.52 Å². The van der Waals surface area contributed by atoms with Crippen LogP contribution < -0.4 is 4.89 Å². The molecule has 0 spiro atoms. The van der Waals surface area contributed by atoms with Gasteiger partial charge in [0.25, 0.3) is 7.82 Å². The Labute approximate surface area is 77.6 Å². The monoisotopic (exact) mass is 209 g/mol. The minimum Gasteiger partial charge on any atom is -0.756 e. The molecule has 0 aliphatic carbocycles. The average Bonchev–Trinajstić information content (AvgIpc) is 2.51. The normalized spacial score (nSPS) is 33.2. The molecule has 78 valence electrons. The second kappa shape index (κ2) is 4.53. The summed E-state index contributed by atoms with van der Waals surface area (Å²) >= 11 is 0. The van der Waals surface area contributed by atoms with Gasteiger partial charge in [0.1, 0.15) is 0 Å². The van der Waals surface area contributed by atoms with Gasteiger partial charge in [-0.2, -0.15) is 0 Å². The van der Waals surface area contributed by atoms with Crippen LogP contribution in [0.15, 0.2) is 0 Å². The van der Waals surface area contributed by atoms with Crippen LogP contribution in [0.5, 0.6) is 0 Å². The molecular weight excluding hydrogens is 195 g/mol. The van der Waals surface area contributed by atoms with E-state index >= 15 is 0 Å². The van der Waals surface area contributed by atoms with Crippen molar-refractivity contribution in [1.29, 1.82) is 0 Å². The fourth-order valence-corrected chi connectivity index (χ4v) is 2.00. The van der Waals surface area contributed by atoms with Crippen molar-refractivity contribution in [3.8, 4) is 0 Å². The summed E-state index contributed by atoms with van der Waals surface area (Å²) in [5, 5.41) is 0. The maximum atomic E-state index is 10.9. The van der Waals surface area contributed by atoms with E-state index in [1.54, 1.807) is 0 Å². The van der Waals surface area contributed by atoms with Gasteiger partial charge in [-0.05, 0) is 12.8 Å². The van der Waals surface area contributed by atoms with Crippen LogP contribution >= 0.6 is 7.82 Å². The van der Waals surface area contributed by atoms with Crippen LogP contribution in [0.1, 0.15) is 19.8 Å². The van der Waals surface area contributed by atoms with Gasteiger partial charge in [0.05, 0.1) is 12.2 Å². The van der Waals surface area contributed by atoms with Crippen LogP contribution in [0.2, 0.25) is 0 Å². The number of hydrogen-bond donors (Lipinski definition) is 0. The van der Waals surface area contributed by atoms with E-state index in [-0.39, 0.29) is 12.2 Å². The lowest BCUT2D eigenvalue weighted by Gasteiger charge is -2.26. The largest absolute Gasteiger partial charge is 0.756 e. The highest BCUT2D eigenvalue weighted by Crippen LogP contribution is 2.41. The molecule has 1 fully saturated rings. The van der Waals surface area contributed by atoms with Crippen LogP contribution in [0.25, 0.3) is 0 Å². The molecule has 0 aromatic rings. The Hall–Kier alpha value is 0.0700. The number of phosphoric ester groups is 1. The molecule has 1 rings (SSSR count). The molecule has 1 unspecified atom stereocenters. The molecule has 0 saturated carbocycles. The molecule has 0 aromatic heterocycles. The van der Waals surface area contributed by atoms with Gasteiger partial charge in [-0.25, -0.2) is 0 Å². The SMILES string of the molecule is CC[C@H]1OCC[C@@H]1OP(=O)([O-])OC. The summed E-state index contributed by atoms with van der Waals surface area (Å²) < 4.78 is 25.2. The van der Waals surface area contributed by atoms with Crippen LogP contribution in [0.4, 0.5) is 0 Å². The number of phosphoric acid groups is 1. The third kappa shape index (κ3) is 3.04. The average molecular weight is 209 g/mol.